The number of H-pyrrole nitrogens is 1. The lowest BCUT2D eigenvalue weighted by Gasteiger charge is -2.36. The minimum Gasteiger partial charge on any atom is -0.461 e. The summed E-state index contributed by atoms with van der Waals surface area (Å²) in [4.78, 5) is 16.4. The van der Waals surface area contributed by atoms with E-state index < -0.39 is 30.1 Å². The van der Waals surface area contributed by atoms with Crippen molar-refractivity contribution in [2.45, 2.75) is 85.0 Å². The molecule has 13 heteroatoms. The van der Waals surface area contributed by atoms with Gasteiger partial charge in [-0.2, -0.15) is 9.40 Å². The van der Waals surface area contributed by atoms with Crippen LogP contribution in [0.15, 0.2) is 12.1 Å². The van der Waals surface area contributed by atoms with Crippen LogP contribution in [0, 0.1) is 5.82 Å². The molecule has 2 aromatic heterocycles. The largest absolute Gasteiger partial charge is 0.461 e. The summed E-state index contributed by atoms with van der Waals surface area (Å²) >= 11 is 5.75. The number of nitrogens with one attached hydrogen (secondary N) is 1. The van der Waals surface area contributed by atoms with Crippen molar-refractivity contribution in [3.05, 3.63) is 40.6 Å². The average molecular weight is 671 g/mol. The lowest BCUT2D eigenvalue weighted by molar-refractivity contribution is 0.0519. The fourth-order valence-corrected chi connectivity index (χ4v) is 7.61. The van der Waals surface area contributed by atoms with Crippen molar-refractivity contribution in [1.29, 1.82) is 0 Å². The Morgan fingerprint density at radius 2 is 1.86 bits per heavy atom. The summed E-state index contributed by atoms with van der Waals surface area (Å²) in [5.41, 5.74) is 3.40. The summed E-state index contributed by atoms with van der Waals surface area (Å²) in [5.74, 6) is -0.877. The number of sulfonamides is 1. The number of ether oxygens (including phenoxy) is 1. The second-order valence-corrected chi connectivity index (χ2v) is 20.0. The van der Waals surface area contributed by atoms with Crippen LogP contribution in [0.5, 0.6) is 0 Å². The Morgan fingerprint density at radius 1 is 1.18 bits per heavy atom. The van der Waals surface area contributed by atoms with Gasteiger partial charge >= 0.3 is 5.97 Å². The third-order valence-electron chi connectivity index (χ3n) is 8.56. The highest BCUT2D eigenvalue weighted by Crippen LogP contribution is 2.39. The van der Waals surface area contributed by atoms with Crippen molar-refractivity contribution >= 4 is 46.8 Å². The topological polar surface area (TPSA) is 107 Å². The van der Waals surface area contributed by atoms with Gasteiger partial charge in [-0.25, -0.2) is 17.6 Å². The van der Waals surface area contributed by atoms with Gasteiger partial charge in [0, 0.05) is 48.8 Å². The predicted octanol–water partition coefficient (Wildman–Crippen LogP) is 6.79. The third kappa shape index (κ3) is 7.75. The molecule has 3 aromatic rings. The van der Waals surface area contributed by atoms with Crippen molar-refractivity contribution < 1.29 is 26.8 Å². The molecule has 3 rings (SSSR count). The molecule has 0 aliphatic rings. The molecule has 246 valence electrons. The molecule has 0 saturated heterocycles. The minimum absolute atomic E-state index is 0.0489. The zero-order valence-corrected chi connectivity index (χ0v) is 30.1. The van der Waals surface area contributed by atoms with Crippen molar-refractivity contribution in [3.63, 3.8) is 0 Å². The van der Waals surface area contributed by atoms with Crippen LogP contribution in [0.2, 0.25) is 18.1 Å². The summed E-state index contributed by atoms with van der Waals surface area (Å²) in [6.45, 7) is 15.4. The van der Waals surface area contributed by atoms with Crippen LogP contribution in [0.25, 0.3) is 22.0 Å². The number of aryl methyl sites for hydroxylation is 2. The van der Waals surface area contributed by atoms with E-state index in [1.54, 1.807) is 24.7 Å². The normalized spacial score (nSPS) is 12.9. The molecule has 0 unspecified atom stereocenters. The highest BCUT2D eigenvalue weighted by atomic mass is 35.5. The molecule has 0 saturated carbocycles. The number of fused-ring (bicyclic) bond motifs is 1. The Bertz CT molecular complexity index is 1580. The van der Waals surface area contributed by atoms with E-state index in [2.05, 4.69) is 43.9 Å². The molecule has 0 aliphatic carbocycles. The summed E-state index contributed by atoms with van der Waals surface area (Å²) in [6, 6.07) is 3.08. The monoisotopic (exact) mass is 670 g/mol. The number of hydrogen-bond acceptors (Lipinski definition) is 6. The fraction of sp³-hybridized carbons (Fsp3) is 0.613. The molecule has 44 heavy (non-hydrogen) atoms. The van der Waals surface area contributed by atoms with Crippen LogP contribution in [-0.4, -0.2) is 73.7 Å². The van der Waals surface area contributed by atoms with Crippen molar-refractivity contribution in [1.82, 2.24) is 19.1 Å². The number of benzene rings is 1. The maximum Gasteiger partial charge on any atom is 0.355 e. The van der Waals surface area contributed by atoms with E-state index in [-0.39, 0.29) is 41.1 Å². The van der Waals surface area contributed by atoms with E-state index >= 15 is 4.39 Å². The first-order chi connectivity index (χ1) is 20.5. The number of halogens is 2. The Hall–Kier alpha value is -2.25. The SMILES string of the molecule is CCOC(=O)c1[nH]c2c(-c3c(CN(C)S(=O)(=O)CCCCl)nn(C)c3CC)c(F)ccc2c1CCCO[Si](C)(C)C(C)(C)C. The Morgan fingerprint density at radius 3 is 2.45 bits per heavy atom. The van der Waals surface area contributed by atoms with E-state index in [1.807, 2.05) is 6.92 Å². The number of rotatable bonds is 15. The Balaban J connectivity index is 2.14. The van der Waals surface area contributed by atoms with E-state index in [4.69, 9.17) is 20.8 Å². The maximum absolute atomic E-state index is 16.0. The summed E-state index contributed by atoms with van der Waals surface area (Å²) in [7, 11) is -2.31. The molecule has 0 spiro atoms. The van der Waals surface area contributed by atoms with Crippen molar-refractivity contribution in [2.24, 2.45) is 7.05 Å². The number of alkyl halides is 1. The molecule has 0 aliphatic heterocycles. The second-order valence-electron chi connectivity index (χ2n) is 12.6. The molecular weight excluding hydrogens is 623 g/mol. The van der Waals surface area contributed by atoms with Gasteiger partial charge in [0.2, 0.25) is 10.0 Å². The molecule has 2 heterocycles. The number of carbonyl (C=O) groups is 1. The zero-order chi connectivity index (χ0) is 33.0. The summed E-state index contributed by atoms with van der Waals surface area (Å²) in [6.07, 6.45) is 2.04. The number of nitrogens with zero attached hydrogens (tertiary/aromatic N) is 3. The quantitative estimate of drug-likeness (QED) is 0.0826. The lowest BCUT2D eigenvalue weighted by Crippen LogP contribution is -2.41. The van der Waals surface area contributed by atoms with E-state index in [1.165, 1.54) is 17.4 Å². The van der Waals surface area contributed by atoms with Crippen LogP contribution in [0.1, 0.15) is 74.9 Å². The average Bonchev–Trinajstić information content (AvgIpc) is 3.45. The maximum atomic E-state index is 16.0. The van der Waals surface area contributed by atoms with Crippen LogP contribution >= 0.6 is 11.6 Å². The molecule has 0 fully saturated rings. The fourth-order valence-electron chi connectivity index (χ4n) is 5.09. The number of carbonyl (C=O) groups excluding carboxylic acids is 1. The van der Waals surface area contributed by atoms with E-state index in [0.717, 1.165) is 11.3 Å². The Kier molecular flexibility index (Phi) is 11.9. The second kappa shape index (κ2) is 14.4. The highest BCUT2D eigenvalue weighted by Gasteiger charge is 2.37. The number of aromatic nitrogens is 3. The van der Waals surface area contributed by atoms with Crippen molar-refractivity contribution in [3.8, 4) is 11.1 Å². The third-order valence-corrected chi connectivity index (χ3v) is 15.2. The highest BCUT2D eigenvalue weighted by molar-refractivity contribution is 7.89. The first-order valence-corrected chi connectivity index (χ1v) is 20.2. The van der Waals surface area contributed by atoms with Crippen LogP contribution in [-0.2, 0) is 45.6 Å². The van der Waals surface area contributed by atoms with Gasteiger partial charge in [0.1, 0.15) is 11.5 Å². The molecule has 1 N–H and O–H groups in total. The summed E-state index contributed by atoms with van der Waals surface area (Å²) < 4.78 is 56.4. The minimum atomic E-state index is -3.61. The van der Waals surface area contributed by atoms with Gasteiger partial charge in [-0.15, -0.1) is 11.6 Å². The predicted molar refractivity (Wildman–Crippen MR) is 178 cm³/mol. The van der Waals surface area contributed by atoms with Gasteiger partial charge in [-0.1, -0.05) is 27.7 Å². The molecule has 9 nitrogen and oxygen atoms in total. The summed E-state index contributed by atoms with van der Waals surface area (Å²) in [5, 5.41) is 5.42. The number of aromatic amines is 1. The van der Waals surface area contributed by atoms with Gasteiger partial charge in [0.15, 0.2) is 8.32 Å². The first-order valence-electron chi connectivity index (χ1n) is 15.2. The number of hydrogen-bond donors (Lipinski definition) is 1. The van der Waals surface area contributed by atoms with Gasteiger partial charge in [-0.05, 0) is 68.4 Å². The standard InChI is InChI=1S/C31H48ClFN4O5SSi/c1-10-25-27(24(35-37(25)7)20-36(6)43(39,40)19-13-17-32)26-23(33)16-15-22-21(29(34-28(22)26)30(38)41-11-2)14-12-18-42-44(8,9)31(3,4)5/h15-16,34H,10-14,17-20H2,1-9H3. The van der Waals surface area contributed by atoms with Gasteiger partial charge < -0.3 is 14.1 Å². The molecule has 0 radical (unpaired) electrons. The molecule has 0 amide bonds. The first kappa shape index (κ1) is 36.2. The Labute approximate surface area is 267 Å². The molecule has 0 atom stereocenters. The van der Waals surface area contributed by atoms with Gasteiger partial charge in [0.05, 0.1) is 30.1 Å². The van der Waals surface area contributed by atoms with Gasteiger partial charge in [-0.3, -0.25) is 4.68 Å². The van der Waals surface area contributed by atoms with E-state index in [0.29, 0.717) is 54.5 Å². The lowest BCUT2D eigenvalue weighted by atomic mass is 9.96. The van der Waals surface area contributed by atoms with Gasteiger partial charge in [0.25, 0.3) is 0 Å². The zero-order valence-electron chi connectivity index (χ0n) is 27.6. The molecule has 1 aromatic carbocycles. The number of esters is 1. The van der Waals surface area contributed by atoms with Crippen LogP contribution in [0.4, 0.5) is 4.39 Å². The van der Waals surface area contributed by atoms with Crippen LogP contribution < -0.4 is 0 Å². The molecule has 0 bridgehead atoms. The van der Waals surface area contributed by atoms with Crippen LogP contribution in [0.3, 0.4) is 0 Å². The smallest absolute Gasteiger partial charge is 0.355 e. The van der Waals surface area contributed by atoms with Crippen molar-refractivity contribution in [2.75, 3.05) is 31.9 Å². The molecular formula is C31H48ClFN4O5SSi. The van der Waals surface area contributed by atoms with E-state index in [9.17, 15) is 13.2 Å².